The van der Waals surface area contributed by atoms with Gasteiger partial charge in [0.1, 0.15) is 23.1 Å². The summed E-state index contributed by atoms with van der Waals surface area (Å²) in [5.74, 6) is 0.0812. The van der Waals surface area contributed by atoms with E-state index in [9.17, 15) is 20.0 Å². The number of carbonyl (C=O) groups excluding carboxylic acids is 2. The van der Waals surface area contributed by atoms with Crippen LogP contribution in [0.2, 0.25) is 0 Å². The number of amides is 2. The Labute approximate surface area is 183 Å². The van der Waals surface area contributed by atoms with Gasteiger partial charge in [-0.2, -0.15) is 5.26 Å². The monoisotopic (exact) mass is 429 g/mol. The summed E-state index contributed by atoms with van der Waals surface area (Å²) in [4.78, 5) is 26.9. The average Bonchev–Trinajstić information content (AvgIpc) is 2.69. The summed E-state index contributed by atoms with van der Waals surface area (Å²) in [6, 6.07) is 6.38. The molecule has 1 saturated heterocycles. The van der Waals surface area contributed by atoms with E-state index in [0.29, 0.717) is 42.8 Å². The van der Waals surface area contributed by atoms with Gasteiger partial charge >= 0.3 is 6.09 Å². The van der Waals surface area contributed by atoms with E-state index in [1.54, 1.807) is 36.9 Å². The molecular formula is C23H31N3O5. The van der Waals surface area contributed by atoms with Crippen molar-refractivity contribution in [3.8, 4) is 11.8 Å². The van der Waals surface area contributed by atoms with Crippen molar-refractivity contribution in [1.82, 2.24) is 10.2 Å². The summed E-state index contributed by atoms with van der Waals surface area (Å²) in [5.41, 5.74) is -0.448. The summed E-state index contributed by atoms with van der Waals surface area (Å²) in [6.07, 6.45) is -0.330. The second kappa shape index (κ2) is 8.39. The molecule has 1 aromatic carbocycles. The predicted molar refractivity (Wildman–Crippen MR) is 113 cm³/mol. The normalized spacial score (nSPS) is 23.2. The van der Waals surface area contributed by atoms with Crippen molar-refractivity contribution in [2.24, 2.45) is 5.92 Å². The lowest BCUT2D eigenvalue weighted by Gasteiger charge is -2.43. The number of carbonyl (C=O) groups is 2. The fourth-order valence-electron chi connectivity index (χ4n) is 3.95. The number of ether oxygens (including phenoxy) is 2. The van der Waals surface area contributed by atoms with E-state index in [-0.39, 0.29) is 17.9 Å². The first-order valence-electron chi connectivity index (χ1n) is 10.6. The van der Waals surface area contributed by atoms with Gasteiger partial charge in [0.05, 0.1) is 17.7 Å². The minimum atomic E-state index is -0.986. The molecule has 2 unspecified atom stereocenters. The molecule has 1 fully saturated rings. The molecule has 0 bridgehead atoms. The van der Waals surface area contributed by atoms with Crippen molar-refractivity contribution in [3.05, 3.63) is 29.3 Å². The smallest absolute Gasteiger partial charge is 0.410 e. The molecule has 31 heavy (non-hydrogen) atoms. The van der Waals surface area contributed by atoms with E-state index in [2.05, 4.69) is 11.4 Å². The number of fused-ring (bicyclic) bond motifs is 1. The van der Waals surface area contributed by atoms with Crippen LogP contribution < -0.4 is 10.1 Å². The molecule has 0 aromatic heterocycles. The first-order chi connectivity index (χ1) is 14.4. The van der Waals surface area contributed by atoms with Gasteiger partial charge in [-0.15, -0.1) is 0 Å². The summed E-state index contributed by atoms with van der Waals surface area (Å²) in [6.45, 7) is 9.85. The van der Waals surface area contributed by atoms with Crippen LogP contribution in [-0.2, 0) is 9.53 Å². The van der Waals surface area contributed by atoms with Crippen molar-refractivity contribution >= 4 is 12.0 Å². The average molecular weight is 430 g/mol. The van der Waals surface area contributed by atoms with E-state index in [4.69, 9.17) is 9.47 Å². The first-order valence-corrected chi connectivity index (χ1v) is 10.6. The molecule has 0 saturated carbocycles. The Morgan fingerprint density at radius 3 is 2.52 bits per heavy atom. The van der Waals surface area contributed by atoms with Crippen LogP contribution in [0.5, 0.6) is 5.75 Å². The van der Waals surface area contributed by atoms with Gasteiger partial charge in [0.15, 0.2) is 0 Å². The Hall–Kier alpha value is -2.79. The molecule has 168 valence electrons. The maximum absolute atomic E-state index is 13.0. The zero-order valence-corrected chi connectivity index (χ0v) is 18.8. The molecule has 0 spiro atoms. The van der Waals surface area contributed by atoms with E-state index >= 15 is 0 Å². The number of nitrogens with zero attached hydrogens (tertiary/aromatic N) is 2. The molecule has 2 N–H and O–H groups in total. The predicted octanol–water partition coefficient (Wildman–Crippen LogP) is 2.89. The zero-order chi connectivity index (χ0) is 23.0. The molecular weight excluding hydrogens is 398 g/mol. The van der Waals surface area contributed by atoms with E-state index in [0.717, 1.165) is 0 Å². The number of hydrogen-bond donors (Lipinski definition) is 2. The van der Waals surface area contributed by atoms with Gasteiger partial charge in [0.25, 0.3) is 0 Å². The molecule has 2 atom stereocenters. The number of piperidine rings is 1. The molecule has 3 rings (SSSR count). The summed E-state index contributed by atoms with van der Waals surface area (Å²) in [5, 5.41) is 23.1. The van der Waals surface area contributed by atoms with E-state index in [1.165, 1.54) is 0 Å². The van der Waals surface area contributed by atoms with E-state index < -0.39 is 23.3 Å². The minimum Gasteiger partial charge on any atom is -0.485 e. The van der Waals surface area contributed by atoms with Crippen LogP contribution in [0.25, 0.3) is 0 Å². The van der Waals surface area contributed by atoms with Gasteiger partial charge in [-0.25, -0.2) is 4.79 Å². The highest BCUT2D eigenvalue weighted by molar-refractivity contribution is 5.80. The Kier molecular flexibility index (Phi) is 6.19. The van der Waals surface area contributed by atoms with Crippen molar-refractivity contribution < 1.29 is 24.2 Å². The number of rotatable bonds is 2. The van der Waals surface area contributed by atoms with Crippen molar-refractivity contribution in [3.63, 3.8) is 0 Å². The standard InChI is InChI=1S/C23H31N3O5/c1-22(2,3)31-21(29)26-10-8-15(9-11-26)20(28)25-18-16-12-14(13-24)6-7-17(16)30-23(4,5)19(18)27/h6-7,12,15,18-19,27H,8-11H2,1-5H3,(H,25,28). The van der Waals surface area contributed by atoms with Crippen LogP contribution in [0.1, 0.15) is 64.6 Å². The number of nitriles is 1. The van der Waals surface area contributed by atoms with Crippen molar-refractivity contribution in [2.45, 2.75) is 70.8 Å². The minimum absolute atomic E-state index is 0.182. The largest absolute Gasteiger partial charge is 0.485 e. The lowest BCUT2D eigenvalue weighted by molar-refractivity contribution is -0.131. The Bertz CT molecular complexity index is 891. The topological polar surface area (TPSA) is 112 Å². The molecule has 2 amide bonds. The Balaban J connectivity index is 1.69. The fraction of sp³-hybridized carbons (Fsp3) is 0.609. The van der Waals surface area contributed by atoms with Crippen LogP contribution in [-0.4, -0.2) is 52.4 Å². The molecule has 8 nitrogen and oxygen atoms in total. The maximum atomic E-state index is 13.0. The Morgan fingerprint density at radius 1 is 1.29 bits per heavy atom. The second-order valence-electron chi connectivity index (χ2n) is 9.74. The molecule has 2 aliphatic heterocycles. The number of likely N-dealkylation sites (tertiary alicyclic amines) is 1. The quantitative estimate of drug-likeness (QED) is 0.748. The third kappa shape index (κ3) is 5.10. The highest BCUT2D eigenvalue weighted by atomic mass is 16.6. The highest BCUT2D eigenvalue weighted by Crippen LogP contribution is 2.40. The molecule has 0 radical (unpaired) electrons. The van der Waals surface area contributed by atoms with Crippen LogP contribution in [0.4, 0.5) is 4.79 Å². The molecule has 8 heteroatoms. The zero-order valence-electron chi connectivity index (χ0n) is 18.8. The van der Waals surface area contributed by atoms with Gasteiger partial charge in [0, 0.05) is 24.6 Å². The van der Waals surface area contributed by atoms with Gasteiger partial charge in [0.2, 0.25) is 5.91 Å². The van der Waals surface area contributed by atoms with Crippen LogP contribution >= 0.6 is 0 Å². The van der Waals surface area contributed by atoms with Crippen molar-refractivity contribution in [1.29, 1.82) is 5.26 Å². The molecule has 0 aliphatic carbocycles. The van der Waals surface area contributed by atoms with Gasteiger partial charge in [-0.3, -0.25) is 4.79 Å². The number of nitrogens with one attached hydrogen (secondary N) is 1. The number of aliphatic hydroxyl groups is 1. The highest BCUT2D eigenvalue weighted by Gasteiger charge is 2.44. The fourth-order valence-corrected chi connectivity index (χ4v) is 3.95. The van der Waals surface area contributed by atoms with Crippen LogP contribution in [0.3, 0.4) is 0 Å². The lowest BCUT2D eigenvalue weighted by atomic mass is 9.85. The number of benzene rings is 1. The summed E-state index contributed by atoms with van der Waals surface area (Å²) < 4.78 is 11.3. The third-order valence-corrected chi connectivity index (χ3v) is 5.69. The summed E-state index contributed by atoms with van der Waals surface area (Å²) in [7, 11) is 0. The number of hydrogen-bond acceptors (Lipinski definition) is 6. The Morgan fingerprint density at radius 2 is 1.94 bits per heavy atom. The summed E-state index contributed by atoms with van der Waals surface area (Å²) >= 11 is 0. The number of aliphatic hydroxyl groups excluding tert-OH is 1. The molecule has 2 heterocycles. The van der Waals surface area contributed by atoms with Gasteiger partial charge in [-0.05, 0) is 65.7 Å². The van der Waals surface area contributed by atoms with E-state index in [1.807, 2.05) is 20.8 Å². The second-order valence-corrected chi connectivity index (χ2v) is 9.74. The van der Waals surface area contributed by atoms with Crippen LogP contribution in [0.15, 0.2) is 18.2 Å². The van der Waals surface area contributed by atoms with Gasteiger partial charge < -0.3 is 24.8 Å². The molecule has 1 aromatic rings. The lowest BCUT2D eigenvalue weighted by Crippen LogP contribution is -2.54. The SMILES string of the molecule is CC(C)(C)OC(=O)N1CCC(C(=O)NC2c3cc(C#N)ccc3OC(C)(C)C2O)CC1. The first kappa shape index (κ1) is 22.9. The molecule has 2 aliphatic rings. The van der Waals surface area contributed by atoms with Crippen molar-refractivity contribution in [2.75, 3.05) is 13.1 Å². The van der Waals surface area contributed by atoms with Crippen LogP contribution in [0, 0.1) is 17.2 Å². The maximum Gasteiger partial charge on any atom is 0.410 e. The third-order valence-electron chi connectivity index (χ3n) is 5.69. The van der Waals surface area contributed by atoms with Gasteiger partial charge in [-0.1, -0.05) is 0 Å².